The highest BCUT2D eigenvalue weighted by Crippen LogP contribution is 2.30. The van der Waals surface area contributed by atoms with Gasteiger partial charge in [0.2, 0.25) is 5.91 Å². The molecule has 12 atom stereocenters. The van der Waals surface area contributed by atoms with Crippen molar-refractivity contribution in [3.8, 4) is 0 Å². The minimum absolute atomic E-state index is 0.259. The molecule has 0 saturated carbocycles. The van der Waals surface area contributed by atoms with Crippen LogP contribution in [0.3, 0.4) is 0 Å². The Morgan fingerprint density at radius 3 is 1.70 bits per heavy atom. The lowest BCUT2D eigenvalue weighted by Gasteiger charge is -2.46. The fourth-order valence-electron chi connectivity index (χ4n) is 6.94. The van der Waals surface area contributed by atoms with E-state index in [0.29, 0.717) is 6.42 Å². The molecule has 2 aliphatic rings. The van der Waals surface area contributed by atoms with E-state index in [0.717, 1.165) is 38.5 Å². The summed E-state index contributed by atoms with van der Waals surface area (Å²) in [4.78, 5) is 12.8. The predicted octanol–water partition coefficient (Wildman–Crippen LogP) is 2.87. The van der Waals surface area contributed by atoms with E-state index in [1.165, 1.54) is 77.0 Å². The molecule has 0 aromatic rings. The van der Waals surface area contributed by atoms with Gasteiger partial charge in [0.1, 0.15) is 48.8 Å². The number of hydrogen-bond donors (Lipinski definition) is 9. The molecule has 14 heteroatoms. The lowest BCUT2D eigenvalue weighted by Crippen LogP contribution is -2.65. The lowest BCUT2D eigenvalue weighted by atomic mass is 9.97. The zero-order valence-electron chi connectivity index (χ0n) is 33.0. The van der Waals surface area contributed by atoms with Crippen LogP contribution in [-0.4, -0.2) is 140 Å². The highest BCUT2D eigenvalue weighted by atomic mass is 16.7. The summed E-state index contributed by atoms with van der Waals surface area (Å²) in [5.41, 5.74) is 0. The number of unbranched alkanes of at least 4 members (excludes halogenated alkanes) is 17. The first-order valence-electron chi connectivity index (χ1n) is 20.9. The van der Waals surface area contributed by atoms with Crippen molar-refractivity contribution in [2.75, 3.05) is 19.8 Å². The minimum Gasteiger partial charge on any atom is -0.394 e. The van der Waals surface area contributed by atoms with E-state index >= 15 is 0 Å². The Labute approximate surface area is 323 Å². The summed E-state index contributed by atoms with van der Waals surface area (Å²) in [7, 11) is 0. The molecule has 318 valence electrons. The predicted molar refractivity (Wildman–Crippen MR) is 203 cm³/mol. The van der Waals surface area contributed by atoms with Crippen LogP contribution >= 0.6 is 0 Å². The van der Waals surface area contributed by atoms with Gasteiger partial charge in [-0.05, 0) is 19.3 Å². The first kappa shape index (κ1) is 48.9. The van der Waals surface area contributed by atoms with Gasteiger partial charge in [0.15, 0.2) is 12.6 Å². The number of amides is 1. The fraction of sp³-hybridized carbons (Fsp3) is 0.925. The van der Waals surface area contributed by atoms with Crippen molar-refractivity contribution in [2.45, 2.75) is 216 Å². The molecule has 0 spiro atoms. The van der Waals surface area contributed by atoms with E-state index in [4.69, 9.17) is 18.9 Å². The van der Waals surface area contributed by atoms with Crippen LogP contribution in [0, 0.1) is 0 Å². The van der Waals surface area contributed by atoms with Gasteiger partial charge in [0.05, 0.1) is 32.0 Å². The van der Waals surface area contributed by atoms with Gasteiger partial charge in [-0.15, -0.1) is 0 Å². The molecular weight excluding hydrogens is 702 g/mol. The van der Waals surface area contributed by atoms with Gasteiger partial charge in [-0.2, -0.15) is 0 Å². The van der Waals surface area contributed by atoms with Crippen molar-refractivity contribution in [1.29, 1.82) is 0 Å². The first-order chi connectivity index (χ1) is 26.1. The molecule has 0 radical (unpaired) electrons. The topological polar surface area (TPSA) is 228 Å². The van der Waals surface area contributed by atoms with Gasteiger partial charge >= 0.3 is 0 Å². The maximum atomic E-state index is 12.8. The van der Waals surface area contributed by atoms with E-state index < -0.39 is 86.8 Å². The fourth-order valence-corrected chi connectivity index (χ4v) is 6.94. The molecule has 0 aromatic heterocycles. The highest BCUT2D eigenvalue weighted by molar-refractivity contribution is 5.76. The Hall–Kier alpha value is -1.27. The maximum absolute atomic E-state index is 12.8. The number of carbonyl (C=O) groups is 1. The highest BCUT2D eigenvalue weighted by Gasteiger charge is 2.50. The molecule has 1 amide bonds. The monoisotopic (exact) mass is 778 g/mol. The van der Waals surface area contributed by atoms with Crippen LogP contribution in [0.25, 0.3) is 0 Å². The zero-order chi connectivity index (χ0) is 39.7. The Morgan fingerprint density at radius 1 is 0.648 bits per heavy atom. The third-order valence-corrected chi connectivity index (χ3v) is 10.5. The maximum Gasteiger partial charge on any atom is 0.220 e. The number of hydrogen-bond acceptors (Lipinski definition) is 13. The van der Waals surface area contributed by atoms with Crippen molar-refractivity contribution in [1.82, 2.24) is 5.32 Å². The number of allylic oxidation sites excluding steroid dienone is 1. The van der Waals surface area contributed by atoms with E-state index in [1.807, 2.05) is 6.08 Å². The van der Waals surface area contributed by atoms with Crippen LogP contribution < -0.4 is 5.32 Å². The van der Waals surface area contributed by atoms with Crippen LogP contribution in [0.1, 0.15) is 142 Å². The van der Waals surface area contributed by atoms with Crippen LogP contribution in [0.4, 0.5) is 0 Å². The lowest BCUT2D eigenvalue weighted by molar-refractivity contribution is -0.359. The van der Waals surface area contributed by atoms with Crippen molar-refractivity contribution in [3.63, 3.8) is 0 Å². The summed E-state index contributed by atoms with van der Waals surface area (Å²) in [5, 5.41) is 85.8. The van der Waals surface area contributed by atoms with Crippen molar-refractivity contribution >= 4 is 5.91 Å². The molecule has 54 heavy (non-hydrogen) atoms. The number of nitrogens with one attached hydrogen (secondary N) is 1. The third kappa shape index (κ3) is 17.9. The molecule has 14 nitrogen and oxygen atoms in total. The molecule has 2 fully saturated rings. The molecule has 9 N–H and O–H groups in total. The second-order valence-electron chi connectivity index (χ2n) is 15.1. The molecule has 2 rings (SSSR count). The van der Waals surface area contributed by atoms with Crippen molar-refractivity contribution in [2.24, 2.45) is 0 Å². The Balaban J connectivity index is 1.86. The average molecular weight is 778 g/mol. The summed E-state index contributed by atoms with van der Waals surface area (Å²) < 4.78 is 22.5. The SMILES string of the molecule is CCCCCCCCCCCCCCCC/C=C/C(O)C(COC1OC(CO)C(OC2OC(CO)C(O)C(O)C2O)C(O)C1O)NC(=O)CCCCCC. The van der Waals surface area contributed by atoms with Crippen LogP contribution in [0.15, 0.2) is 12.2 Å². The van der Waals surface area contributed by atoms with Crippen LogP contribution in [-0.2, 0) is 23.7 Å². The number of ether oxygens (including phenoxy) is 4. The Morgan fingerprint density at radius 2 is 1.15 bits per heavy atom. The number of aliphatic hydroxyl groups excluding tert-OH is 8. The molecule has 2 saturated heterocycles. The quantitative estimate of drug-likeness (QED) is 0.0378. The standard InChI is InChI=1S/C40H75NO13/c1-3-5-7-9-10-11-12-13-14-15-16-17-18-19-20-21-23-29(44)28(41-32(45)24-22-8-6-4-2)27-51-39-37(50)35(48)38(31(26-43)53-39)54-40-36(49)34(47)33(46)30(25-42)52-40/h21,23,28-31,33-40,42-44,46-50H,3-20,22,24-27H2,1-2H3,(H,41,45)/b23-21+. The molecule has 0 aromatic carbocycles. The number of aliphatic hydroxyl groups is 8. The van der Waals surface area contributed by atoms with Gasteiger partial charge in [-0.25, -0.2) is 0 Å². The first-order valence-corrected chi connectivity index (χ1v) is 20.9. The Bertz CT molecular complexity index is 972. The van der Waals surface area contributed by atoms with Crippen molar-refractivity contribution < 1.29 is 64.6 Å². The van der Waals surface area contributed by atoms with Gasteiger partial charge < -0.3 is 65.1 Å². The van der Waals surface area contributed by atoms with E-state index in [2.05, 4.69) is 19.2 Å². The van der Waals surface area contributed by atoms with Gasteiger partial charge in [0, 0.05) is 6.42 Å². The number of rotatable bonds is 30. The summed E-state index contributed by atoms with van der Waals surface area (Å²) in [6.45, 7) is 2.62. The van der Waals surface area contributed by atoms with Gasteiger partial charge in [-0.3, -0.25) is 4.79 Å². The van der Waals surface area contributed by atoms with Gasteiger partial charge in [-0.1, -0.05) is 129 Å². The molecule has 2 heterocycles. The van der Waals surface area contributed by atoms with E-state index in [9.17, 15) is 45.6 Å². The molecule has 2 aliphatic heterocycles. The van der Waals surface area contributed by atoms with Crippen LogP contribution in [0.2, 0.25) is 0 Å². The summed E-state index contributed by atoms with van der Waals surface area (Å²) in [6, 6.07) is -0.903. The largest absolute Gasteiger partial charge is 0.394 e. The third-order valence-electron chi connectivity index (χ3n) is 10.5. The molecule has 0 bridgehead atoms. The molecule has 12 unspecified atom stereocenters. The normalized spacial score (nSPS) is 30.1. The Kier molecular flexibility index (Phi) is 26.3. The smallest absolute Gasteiger partial charge is 0.220 e. The second kappa shape index (κ2) is 29.0. The zero-order valence-corrected chi connectivity index (χ0v) is 33.0. The van der Waals surface area contributed by atoms with E-state index in [1.54, 1.807) is 6.08 Å². The molecule has 0 aliphatic carbocycles. The number of carbonyl (C=O) groups excluding carboxylic acids is 1. The molecular formula is C40H75NO13. The second-order valence-corrected chi connectivity index (χ2v) is 15.1. The van der Waals surface area contributed by atoms with Crippen molar-refractivity contribution in [3.05, 3.63) is 12.2 Å². The summed E-state index contributed by atoms with van der Waals surface area (Å²) >= 11 is 0. The minimum atomic E-state index is -1.78. The van der Waals surface area contributed by atoms with Gasteiger partial charge in [0.25, 0.3) is 0 Å². The average Bonchev–Trinajstić information content (AvgIpc) is 3.17. The van der Waals surface area contributed by atoms with Crippen LogP contribution in [0.5, 0.6) is 0 Å². The summed E-state index contributed by atoms with van der Waals surface area (Å²) in [6.07, 6.45) is 9.10. The summed E-state index contributed by atoms with van der Waals surface area (Å²) in [5.74, 6) is -0.259. The van der Waals surface area contributed by atoms with E-state index in [-0.39, 0.29) is 18.9 Å².